The number of carbonyl (C=O) groups is 2. The van der Waals surface area contributed by atoms with Gasteiger partial charge in [-0.15, -0.1) is 0 Å². The Morgan fingerprint density at radius 3 is 2.41 bits per heavy atom. The number of nitrogens with zero attached hydrogens (tertiary/aromatic N) is 1. The largest absolute Gasteiger partial charge is 0.494 e. The second-order valence-electron chi connectivity index (χ2n) is 4.75. The average molecular weight is 324 g/mol. The van der Waals surface area contributed by atoms with Crippen molar-refractivity contribution < 1.29 is 19.1 Å². The van der Waals surface area contributed by atoms with Crippen LogP contribution in [0.2, 0.25) is 0 Å². The number of benzene rings is 1. The number of imide groups is 1. The molecule has 1 aliphatic rings. The fourth-order valence-corrected chi connectivity index (χ4v) is 2.54. The molecule has 1 aromatic rings. The Bertz CT molecular complexity index is 595. The number of hydrogen-bond donors (Lipinski definition) is 0. The number of methoxy groups -OCH3 is 1. The summed E-state index contributed by atoms with van der Waals surface area (Å²) < 4.78 is 10.3. The number of rotatable bonds is 7. The van der Waals surface area contributed by atoms with Gasteiger partial charge in [0.2, 0.25) is 0 Å². The molecule has 1 aromatic carbocycles. The summed E-state index contributed by atoms with van der Waals surface area (Å²) in [6, 6.07) is 6.96. The van der Waals surface area contributed by atoms with Gasteiger partial charge in [-0.1, -0.05) is 23.7 Å². The molecule has 0 spiro atoms. The standard InChI is InChI=1S/C16H18ClNO4/c1-3-22-12-7-5-11(6-8-12)13-14(17)16(20)18(15(13)19)9-4-10-21-2/h5-8H,3-4,9-10H2,1-2H3. The molecule has 0 radical (unpaired) electrons. The van der Waals surface area contributed by atoms with Crippen LogP contribution in [-0.2, 0) is 14.3 Å². The zero-order chi connectivity index (χ0) is 16.1. The topological polar surface area (TPSA) is 55.8 Å². The van der Waals surface area contributed by atoms with Crippen LogP contribution in [0.25, 0.3) is 5.57 Å². The van der Waals surface area contributed by atoms with Crippen molar-refractivity contribution in [1.82, 2.24) is 4.90 Å². The third-order valence-electron chi connectivity index (χ3n) is 3.30. The first-order chi connectivity index (χ1) is 10.6. The fourth-order valence-electron chi connectivity index (χ4n) is 2.25. The van der Waals surface area contributed by atoms with Gasteiger partial charge in [-0.2, -0.15) is 0 Å². The molecule has 1 aliphatic heterocycles. The summed E-state index contributed by atoms with van der Waals surface area (Å²) in [6.45, 7) is 3.23. The maximum absolute atomic E-state index is 12.4. The van der Waals surface area contributed by atoms with Gasteiger partial charge in [-0.05, 0) is 31.0 Å². The van der Waals surface area contributed by atoms with Gasteiger partial charge in [0.05, 0.1) is 12.2 Å². The van der Waals surface area contributed by atoms with Gasteiger partial charge in [0.15, 0.2) is 0 Å². The second kappa shape index (κ2) is 7.42. The van der Waals surface area contributed by atoms with E-state index in [2.05, 4.69) is 0 Å². The van der Waals surface area contributed by atoms with Gasteiger partial charge in [-0.25, -0.2) is 0 Å². The Kier molecular flexibility index (Phi) is 5.57. The Morgan fingerprint density at radius 1 is 1.14 bits per heavy atom. The summed E-state index contributed by atoms with van der Waals surface area (Å²) in [4.78, 5) is 25.7. The Balaban J connectivity index is 2.19. The molecule has 0 saturated heterocycles. The number of hydrogen-bond acceptors (Lipinski definition) is 4. The quantitative estimate of drug-likeness (QED) is 0.571. The van der Waals surface area contributed by atoms with Crippen LogP contribution in [0.15, 0.2) is 29.3 Å². The van der Waals surface area contributed by atoms with Crippen molar-refractivity contribution in [2.24, 2.45) is 0 Å². The Labute approximate surface area is 134 Å². The zero-order valence-electron chi connectivity index (χ0n) is 12.6. The molecular weight excluding hydrogens is 306 g/mol. The molecule has 0 aromatic heterocycles. The van der Waals surface area contributed by atoms with E-state index in [1.807, 2.05) is 6.92 Å². The van der Waals surface area contributed by atoms with Gasteiger partial charge >= 0.3 is 0 Å². The van der Waals surface area contributed by atoms with E-state index in [1.165, 1.54) is 0 Å². The predicted octanol–water partition coefficient (Wildman–Crippen LogP) is 2.44. The lowest BCUT2D eigenvalue weighted by atomic mass is 10.1. The maximum atomic E-state index is 12.4. The number of halogens is 1. The normalized spacial score (nSPS) is 15.0. The first kappa shape index (κ1) is 16.5. The van der Waals surface area contributed by atoms with Crippen molar-refractivity contribution in [1.29, 1.82) is 0 Å². The highest BCUT2D eigenvalue weighted by molar-refractivity contribution is 6.55. The number of carbonyl (C=O) groups excluding carboxylic acids is 2. The van der Waals surface area contributed by atoms with Crippen molar-refractivity contribution in [3.63, 3.8) is 0 Å². The molecule has 5 nitrogen and oxygen atoms in total. The summed E-state index contributed by atoms with van der Waals surface area (Å²) in [5.74, 6) is -0.112. The lowest BCUT2D eigenvalue weighted by Gasteiger charge is -2.14. The van der Waals surface area contributed by atoms with Crippen molar-refractivity contribution in [2.45, 2.75) is 13.3 Å². The van der Waals surface area contributed by atoms with E-state index >= 15 is 0 Å². The molecule has 1 heterocycles. The number of ether oxygens (including phenoxy) is 2. The van der Waals surface area contributed by atoms with Gasteiger partial charge in [0.1, 0.15) is 10.8 Å². The lowest BCUT2D eigenvalue weighted by molar-refractivity contribution is -0.136. The molecule has 0 atom stereocenters. The summed E-state index contributed by atoms with van der Waals surface area (Å²) in [7, 11) is 1.57. The van der Waals surface area contributed by atoms with E-state index < -0.39 is 5.91 Å². The summed E-state index contributed by atoms with van der Waals surface area (Å²) >= 11 is 6.07. The van der Waals surface area contributed by atoms with Crippen LogP contribution in [0.1, 0.15) is 18.9 Å². The van der Waals surface area contributed by atoms with Crippen LogP contribution in [0, 0.1) is 0 Å². The van der Waals surface area contributed by atoms with E-state index in [0.29, 0.717) is 37.5 Å². The zero-order valence-corrected chi connectivity index (χ0v) is 13.4. The molecule has 22 heavy (non-hydrogen) atoms. The summed E-state index contributed by atoms with van der Waals surface area (Å²) in [5.41, 5.74) is 0.855. The second-order valence-corrected chi connectivity index (χ2v) is 5.13. The predicted molar refractivity (Wildman–Crippen MR) is 83.6 cm³/mol. The van der Waals surface area contributed by atoms with Gasteiger partial charge < -0.3 is 9.47 Å². The Hall–Kier alpha value is -1.85. The molecule has 0 bridgehead atoms. The van der Waals surface area contributed by atoms with E-state index in [4.69, 9.17) is 21.1 Å². The maximum Gasteiger partial charge on any atom is 0.273 e. The molecule has 2 rings (SSSR count). The average Bonchev–Trinajstić information content (AvgIpc) is 2.72. The highest BCUT2D eigenvalue weighted by Gasteiger charge is 2.37. The van der Waals surface area contributed by atoms with Gasteiger partial charge in [0.25, 0.3) is 11.8 Å². The van der Waals surface area contributed by atoms with Crippen LogP contribution in [0.5, 0.6) is 5.75 Å². The van der Waals surface area contributed by atoms with Crippen molar-refractivity contribution in [2.75, 3.05) is 26.9 Å². The highest BCUT2D eigenvalue weighted by Crippen LogP contribution is 2.32. The molecule has 0 unspecified atom stereocenters. The first-order valence-electron chi connectivity index (χ1n) is 7.08. The molecule has 0 N–H and O–H groups in total. The third kappa shape index (κ3) is 3.31. The minimum Gasteiger partial charge on any atom is -0.494 e. The first-order valence-corrected chi connectivity index (χ1v) is 7.46. The van der Waals surface area contributed by atoms with Crippen LogP contribution in [0.3, 0.4) is 0 Å². The third-order valence-corrected chi connectivity index (χ3v) is 3.65. The molecule has 0 saturated carbocycles. The van der Waals surface area contributed by atoms with Crippen molar-refractivity contribution >= 4 is 29.0 Å². The monoisotopic (exact) mass is 323 g/mol. The van der Waals surface area contributed by atoms with E-state index in [1.54, 1.807) is 31.4 Å². The summed E-state index contributed by atoms with van der Waals surface area (Å²) in [6.07, 6.45) is 0.578. The van der Waals surface area contributed by atoms with Gasteiger partial charge in [-0.3, -0.25) is 14.5 Å². The minimum absolute atomic E-state index is 0.0356. The minimum atomic E-state index is -0.452. The van der Waals surface area contributed by atoms with E-state index in [0.717, 1.165) is 4.90 Å². The highest BCUT2D eigenvalue weighted by atomic mass is 35.5. The van der Waals surface area contributed by atoms with Crippen LogP contribution in [-0.4, -0.2) is 43.6 Å². The van der Waals surface area contributed by atoms with Crippen LogP contribution < -0.4 is 4.74 Å². The fraction of sp³-hybridized carbons (Fsp3) is 0.375. The molecule has 118 valence electrons. The van der Waals surface area contributed by atoms with E-state index in [9.17, 15) is 9.59 Å². The SMILES string of the molecule is CCOc1ccc(C2=C(Cl)C(=O)N(CCCOC)C2=O)cc1. The Morgan fingerprint density at radius 2 is 1.82 bits per heavy atom. The van der Waals surface area contributed by atoms with Crippen molar-refractivity contribution in [3.05, 3.63) is 34.9 Å². The molecule has 6 heteroatoms. The van der Waals surface area contributed by atoms with Crippen molar-refractivity contribution in [3.8, 4) is 5.75 Å². The van der Waals surface area contributed by atoms with E-state index in [-0.39, 0.29) is 16.5 Å². The smallest absolute Gasteiger partial charge is 0.273 e. The van der Waals surface area contributed by atoms with Gasteiger partial charge in [0, 0.05) is 20.3 Å². The lowest BCUT2D eigenvalue weighted by Crippen LogP contribution is -2.32. The molecule has 0 aliphatic carbocycles. The summed E-state index contributed by atoms with van der Waals surface area (Å²) in [5, 5.41) is -0.0356. The van der Waals surface area contributed by atoms with Crippen LogP contribution >= 0.6 is 11.6 Å². The molecule has 2 amide bonds. The number of amides is 2. The van der Waals surface area contributed by atoms with Crippen LogP contribution in [0.4, 0.5) is 0 Å². The molecular formula is C16H18ClNO4. The molecule has 0 fully saturated rings.